The van der Waals surface area contributed by atoms with Crippen molar-refractivity contribution in [2.75, 3.05) is 20.2 Å². The molecule has 26 heavy (non-hydrogen) atoms. The van der Waals surface area contributed by atoms with Gasteiger partial charge in [-0.25, -0.2) is 13.6 Å². The molecule has 0 aliphatic heterocycles. The van der Waals surface area contributed by atoms with Crippen LogP contribution in [0.2, 0.25) is 0 Å². The number of hydrogen-bond donors (Lipinski definition) is 3. The molecule has 0 aromatic heterocycles. The van der Waals surface area contributed by atoms with Crippen molar-refractivity contribution in [3.05, 3.63) is 35.4 Å². The van der Waals surface area contributed by atoms with Crippen molar-refractivity contribution >= 4 is 12.1 Å². The highest BCUT2D eigenvalue weighted by Gasteiger charge is 2.15. The lowest BCUT2D eigenvalue weighted by molar-refractivity contribution is 0.146. The van der Waals surface area contributed by atoms with E-state index in [9.17, 15) is 13.6 Å². The second kappa shape index (κ2) is 11.3. The van der Waals surface area contributed by atoms with Crippen LogP contribution < -0.4 is 16.0 Å². The first-order valence-electron chi connectivity index (χ1n) is 8.67. The number of alkyl carbamates (subject to hydrolysis) is 1. The first kappa shape index (κ1) is 21.7. The average molecular weight is 370 g/mol. The molecule has 0 saturated carbocycles. The molecule has 0 bridgehead atoms. The van der Waals surface area contributed by atoms with Gasteiger partial charge in [-0.1, -0.05) is 13.8 Å². The molecular weight excluding hydrogens is 342 g/mol. The van der Waals surface area contributed by atoms with E-state index in [1.165, 1.54) is 0 Å². The van der Waals surface area contributed by atoms with Crippen molar-refractivity contribution in [1.82, 2.24) is 16.0 Å². The lowest BCUT2D eigenvalue weighted by Crippen LogP contribution is -2.47. The van der Waals surface area contributed by atoms with E-state index in [1.54, 1.807) is 14.0 Å². The molecule has 1 unspecified atom stereocenters. The van der Waals surface area contributed by atoms with Gasteiger partial charge in [0.15, 0.2) is 5.96 Å². The van der Waals surface area contributed by atoms with Crippen LogP contribution in [0.25, 0.3) is 0 Å². The molecule has 0 aliphatic carbocycles. The topological polar surface area (TPSA) is 74.8 Å². The number of halogens is 2. The van der Waals surface area contributed by atoms with Gasteiger partial charge >= 0.3 is 6.09 Å². The van der Waals surface area contributed by atoms with Crippen LogP contribution in [0.3, 0.4) is 0 Å². The number of nitrogens with one attached hydrogen (secondary N) is 3. The molecule has 0 saturated heterocycles. The highest BCUT2D eigenvalue weighted by atomic mass is 19.1. The summed E-state index contributed by atoms with van der Waals surface area (Å²) in [6.07, 6.45) is 0.283. The summed E-state index contributed by atoms with van der Waals surface area (Å²) in [5.74, 6) is -0.189. The summed E-state index contributed by atoms with van der Waals surface area (Å²) in [5, 5.41) is 8.81. The molecule has 0 aliphatic rings. The van der Waals surface area contributed by atoms with Crippen LogP contribution in [-0.2, 0) is 11.3 Å². The van der Waals surface area contributed by atoms with Crippen LogP contribution in [0, 0.1) is 17.6 Å². The average Bonchev–Trinajstić information content (AvgIpc) is 2.57. The Morgan fingerprint density at radius 1 is 1.27 bits per heavy atom. The SMILES string of the molecule is CCOC(=O)NC(CNC(=NC)NCc1cc(F)ccc1F)CC(C)C. The smallest absolute Gasteiger partial charge is 0.407 e. The molecule has 0 spiro atoms. The van der Waals surface area contributed by atoms with Crippen molar-refractivity contribution < 1.29 is 18.3 Å². The van der Waals surface area contributed by atoms with Gasteiger partial charge in [0, 0.05) is 31.7 Å². The molecule has 1 aromatic rings. The highest BCUT2D eigenvalue weighted by molar-refractivity contribution is 5.79. The van der Waals surface area contributed by atoms with Crippen LogP contribution in [0.4, 0.5) is 13.6 Å². The van der Waals surface area contributed by atoms with Crippen LogP contribution in [-0.4, -0.2) is 38.3 Å². The molecule has 1 rings (SSSR count). The second-order valence-electron chi connectivity index (χ2n) is 6.23. The maximum atomic E-state index is 13.7. The lowest BCUT2D eigenvalue weighted by atomic mass is 10.0. The van der Waals surface area contributed by atoms with Crippen LogP contribution in [0.1, 0.15) is 32.8 Å². The molecule has 0 radical (unpaired) electrons. The maximum absolute atomic E-state index is 13.7. The Morgan fingerprint density at radius 3 is 2.62 bits per heavy atom. The van der Waals surface area contributed by atoms with Gasteiger partial charge in [-0.2, -0.15) is 0 Å². The molecule has 8 heteroatoms. The zero-order valence-corrected chi connectivity index (χ0v) is 15.7. The van der Waals surface area contributed by atoms with Gasteiger partial charge in [0.25, 0.3) is 0 Å². The fraction of sp³-hybridized carbons (Fsp3) is 0.556. The Kier molecular flexibility index (Phi) is 9.40. The van der Waals surface area contributed by atoms with Crippen molar-refractivity contribution in [3.8, 4) is 0 Å². The van der Waals surface area contributed by atoms with E-state index in [0.717, 1.165) is 24.6 Å². The van der Waals surface area contributed by atoms with Gasteiger partial charge in [-0.05, 0) is 37.5 Å². The number of amides is 1. The third kappa shape index (κ3) is 8.13. The normalized spacial score (nSPS) is 12.7. The van der Waals surface area contributed by atoms with Crippen molar-refractivity contribution in [3.63, 3.8) is 0 Å². The molecule has 0 fully saturated rings. The van der Waals surface area contributed by atoms with Crippen molar-refractivity contribution in [2.24, 2.45) is 10.9 Å². The van der Waals surface area contributed by atoms with Crippen molar-refractivity contribution in [1.29, 1.82) is 0 Å². The second-order valence-corrected chi connectivity index (χ2v) is 6.23. The Hall–Kier alpha value is -2.38. The minimum Gasteiger partial charge on any atom is -0.450 e. The van der Waals surface area contributed by atoms with Crippen LogP contribution in [0.5, 0.6) is 0 Å². The summed E-state index contributed by atoms with van der Waals surface area (Å²) < 4.78 is 31.8. The number of carbonyl (C=O) groups excluding carboxylic acids is 1. The summed E-state index contributed by atoms with van der Waals surface area (Å²) in [6.45, 7) is 6.66. The Bertz CT molecular complexity index is 609. The third-order valence-corrected chi connectivity index (χ3v) is 3.55. The first-order valence-corrected chi connectivity index (χ1v) is 8.67. The molecule has 1 aromatic carbocycles. The van der Waals surface area contributed by atoms with E-state index in [4.69, 9.17) is 4.74 Å². The van der Waals surface area contributed by atoms with Gasteiger partial charge < -0.3 is 20.7 Å². The number of benzene rings is 1. The number of ether oxygens (including phenoxy) is 1. The third-order valence-electron chi connectivity index (χ3n) is 3.55. The van der Waals surface area contributed by atoms with Gasteiger partial charge in [0.05, 0.1) is 6.61 Å². The summed E-state index contributed by atoms with van der Waals surface area (Å²) in [4.78, 5) is 15.7. The van der Waals surface area contributed by atoms with E-state index in [2.05, 4.69) is 34.8 Å². The van der Waals surface area contributed by atoms with Crippen LogP contribution in [0.15, 0.2) is 23.2 Å². The zero-order chi connectivity index (χ0) is 19.5. The summed E-state index contributed by atoms with van der Waals surface area (Å²) in [6, 6.07) is 3.14. The number of carbonyl (C=O) groups is 1. The summed E-state index contributed by atoms with van der Waals surface area (Å²) in [5.41, 5.74) is 0.205. The zero-order valence-electron chi connectivity index (χ0n) is 15.7. The number of aliphatic imine (C=N–C) groups is 1. The Labute approximate surface area is 153 Å². The van der Waals surface area contributed by atoms with Gasteiger partial charge in [0.2, 0.25) is 0 Å². The van der Waals surface area contributed by atoms with Crippen LogP contribution >= 0.6 is 0 Å². The lowest BCUT2D eigenvalue weighted by Gasteiger charge is -2.22. The molecule has 6 nitrogen and oxygen atoms in total. The number of nitrogens with zero attached hydrogens (tertiary/aromatic N) is 1. The largest absolute Gasteiger partial charge is 0.450 e. The fourth-order valence-electron chi connectivity index (χ4n) is 2.40. The fourth-order valence-corrected chi connectivity index (χ4v) is 2.40. The molecule has 3 N–H and O–H groups in total. The Balaban J connectivity index is 2.58. The van der Waals surface area contributed by atoms with E-state index in [0.29, 0.717) is 25.0 Å². The number of rotatable bonds is 8. The van der Waals surface area contributed by atoms with E-state index in [-0.39, 0.29) is 18.2 Å². The van der Waals surface area contributed by atoms with E-state index >= 15 is 0 Å². The van der Waals surface area contributed by atoms with Gasteiger partial charge in [0.1, 0.15) is 11.6 Å². The first-order chi connectivity index (χ1) is 12.3. The van der Waals surface area contributed by atoms with E-state index < -0.39 is 17.7 Å². The minimum absolute atomic E-state index is 0.0867. The van der Waals surface area contributed by atoms with Crippen molar-refractivity contribution in [2.45, 2.75) is 39.8 Å². The molecular formula is C18H28F2N4O2. The summed E-state index contributed by atoms with van der Waals surface area (Å²) in [7, 11) is 1.58. The predicted octanol–water partition coefficient (Wildman–Crippen LogP) is 2.79. The minimum atomic E-state index is -0.498. The summed E-state index contributed by atoms with van der Waals surface area (Å²) >= 11 is 0. The monoisotopic (exact) mass is 370 g/mol. The Morgan fingerprint density at radius 2 is 2.00 bits per heavy atom. The highest BCUT2D eigenvalue weighted by Crippen LogP contribution is 2.09. The maximum Gasteiger partial charge on any atom is 0.407 e. The van der Waals surface area contributed by atoms with Gasteiger partial charge in [-0.3, -0.25) is 4.99 Å². The number of guanidine groups is 1. The quantitative estimate of drug-likeness (QED) is 0.486. The molecule has 146 valence electrons. The predicted molar refractivity (Wildman–Crippen MR) is 98.0 cm³/mol. The standard InChI is InChI=1S/C18H28F2N4O2/c1-5-26-18(25)24-15(8-12(2)3)11-23-17(21-4)22-10-13-9-14(19)6-7-16(13)20/h6-7,9,12,15H,5,8,10-11H2,1-4H3,(H,24,25)(H2,21,22,23). The number of hydrogen-bond acceptors (Lipinski definition) is 3. The van der Waals surface area contributed by atoms with Gasteiger partial charge in [-0.15, -0.1) is 0 Å². The molecule has 1 atom stereocenters. The molecule has 1 amide bonds. The van der Waals surface area contributed by atoms with E-state index in [1.807, 2.05) is 0 Å². The molecule has 0 heterocycles.